The zero-order valence-electron chi connectivity index (χ0n) is 11.3. The lowest BCUT2D eigenvalue weighted by molar-refractivity contribution is 0.628. The number of halogens is 3. The van der Waals surface area contributed by atoms with Gasteiger partial charge < -0.3 is 4.57 Å². The second kappa shape index (κ2) is 5.62. The molecule has 2 heterocycles. The van der Waals surface area contributed by atoms with E-state index in [9.17, 15) is 4.39 Å². The van der Waals surface area contributed by atoms with E-state index in [1.807, 2.05) is 17.6 Å². The van der Waals surface area contributed by atoms with Crippen molar-refractivity contribution in [2.45, 2.75) is 19.3 Å². The number of hydrogen-bond donors (Lipinski definition) is 0. The molecule has 0 saturated heterocycles. The van der Waals surface area contributed by atoms with Crippen LogP contribution in [0.2, 0.25) is 5.02 Å². The highest BCUT2D eigenvalue weighted by molar-refractivity contribution is 6.31. The zero-order chi connectivity index (χ0) is 15.0. The van der Waals surface area contributed by atoms with E-state index in [1.165, 1.54) is 12.1 Å². The van der Waals surface area contributed by atoms with E-state index < -0.39 is 5.82 Å². The van der Waals surface area contributed by atoms with Gasteiger partial charge in [-0.1, -0.05) is 11.6 Å². The van der Waals surface area contributed by atoms with Crippen LogP contribution >= 0.6 is 23.2 Å². The van der Waals surface area contributed by atoms with Crippen molar-refractivity contribution in [1.29, 1.82) is 0 Å². The quantitative estimate of drug-likeness (QED) is 0.672. The van der Waals surface area contributed by atoms with Crippen LogP contribution in [0, 0.1) is 12.7 Å². The van der Waals surface area contributed by atoms with E-state index in [-0.39, 0.29) is 10.9 Å². The molecule has 6 heteroatoms. The highest BCUT2D eigenvalue weighted by Gasteiger charge is 2.14. The van der Waals surface area contributed by atoms with Gasteiger partial charge in [0.05, 0.1) is 28.5 Å². The molecule has 0 amide bonds. The molecule has 0 fully saturated rings. The first-order chi connectivity index (χ1) is 10.1. The van der Waals surface area contributed by atoms with Crippen LogP contribution in [0.5, 0.6) is 0 Å². The van der Waals surface area contributed by atoms with E-state index in [0.717, 1.165) is 11.1 Å². The SMILES string of the molecule is Cc1ccncc1Cn1c(CCl)nc2cc(Cl)c(F)cc21. The van der Waals surface area contributed by atoms with E-state index in [2.05, 4.69) is 9.97 Å². The molecular weight excluding hydrogens is 312 g/mol. The Bertz CT molecular complexity index is 814. The molecule has 3 aromatic rings. The van der Waals surface area contributed by atoms with Crippen molar-refractivity contribution in [2.75, 3.05) is 0 Å². The minimum Gasteiger partial charge on any atom is -0.322 e. The molecule has 0 saturated carbocycles. The van der Waals surface area contributed by atoms with Gasteiger partial charge in [0.15, 0.2) is 0 Å². The van der Waals surface area contributed by atoms with E-state index in [0.29, 0.717) is 23.4 Å². The zero-order valence-corrected chi connectivity index (χ0v) is 12.8. The van der Waals surface area contributed by atoms with Crippen molar-refractivity contribution in [3.63, 3.8) is 0 Å². The Morgan fingerprint density at radius 3 is 2.86 bits per heavy atom. The van der Waals surface area contributed by atoms with Crippen LogP contribution in [-0.4, -0.2) is 14.5 Å². The Hall–Kier alpha value is -1.65. The summed E-state index contributed by atoms with van der Waals surface area (Å²) in [4.78, 5) is 8.55. The van der Waals surface area contributed by atoms with Crippen LogP contribution in [0.4, 0.5) is 4.39 Å². The number of aryl methyl sites for hydroxylation is 1. The summed E-state index contributed by atoms with van der Waals surface area (Å²) in [7, 11) is 0. The summed E-state index contributed by atoms with van der Waals surface area (Å²) in [6, 6.07) is 4.85. The molecular formula is C15H12Cl2FN3. The lowest BCUT2D eigenvalue weighted by atomic mass is 10.1. The number of alkyl halides is 1. The van der Waals surface area contributed by atoms with Gasteiger partial charge in [0.25, 0.3) is 0 Å². The molecule has 21 heavy (non-hydrogen) atoms. The van der Waals surface area contributed by atoms with Gasteiger partial charge in [0.1, 0.15) is 11.6 Å². The molecule has 0 radical (unpaired) electrons. The smallest absolute Gasteiger partial charge is 0.144 e. The summed E-state index contributed by atoms with van der Waals surface area (Å²) in [5.41, 5.74) is 3.47. The normalized spacial score (nSPS) is 11.2. The van der Waals surface area contributed by atoms with Gasteiger partial charge in [-0.2, -0.15) is 0 Å². The minimum absolute atomic E-state index is 0.0610. The fourth-order valence-electron chi connectivity index (χ4n) is 2.28. The molecule has 0 aliphatic carbocycles. The molecule has 3 rings (SSSR count). The standard InChI is InChI=1S/C15H12Cl2FN3/c1-9-2-3-19-7-10(9)8-21-14-5-12(18)11(17)4-13(14)20-15(21)6-16/h2-5,7H,6,8H2,1H3. The number of fused-ring (bicyclic) bond motifs is 1. The summed E-state index contributed by atoms with van der Waals surface area (Å²) in [6.07, 6.45) is 3.54. The number of aromatic nitrogens is 3. The van der Waals surface area contributed by atoms with E-state index >= 15 is 0 Å². The Labute approximate surface area is 131 Å². The van der Waals surface area contributed by atoms with Crippen LogP contribution in [0.25, 0.3) is 11.0 Å². The summed E-state index contributed by atoms with van der Waals surface area (Å²) in [5, 5.41) is 0.0610. The van der Waals surface area contributed by atoms with E-state index in [4.69, 9.17) is 23.2 Å². The molecule has 0 bridgehead atoms. The van der Waals surface area contributed by atoms with Gasteiger partial charge in [-0.15, -0.1) is 11.6 Å². The van der Waals surface area contributed by atoms with Crippen LogP contribution in [0.3, 0.4) is 0 Å². The average Bonchev–Trinajstić information content (AvgIpc) is 2.79. The maximum Gasteiger partial charge on any atom is 0.144 e. The predicted octanol–water partition coefficient (Wildman–Crippen LogP) is 4.32. The molecule has 0 N–H and O–H groups in total. The summed E-state index contributed by atoms with van der Waals surface area (Å²) in [6.45, 7) is 2.55. The Morgan fingerprint density at radius 2 is 2.14 bits per heavy atom. The van der Waals surface area contributed by atoms with Crippen molar-refractivity contribution in [1.82, 2.24) is 14.5 Å². The molecule has 0 spiro atoms. The highest BCUT2D eigenvalue weighted by Crippen LogP contribution is 2.25. The van der Waals surface area contributed by atoms with Crippen LogP contribution < -0.4 is 0 Å². The molecule has 2 aromatic heterocycles. The van der Waals surface area contributed by atoms with Crippen LogP contribution in [-0.2, 0) is 12.4 Å². The molecule has 0 unspecified atom stereocenters. The van der Waals surface area contributed by atoms with Gasteiger partial charge in [0, 0.05) is 18.5 Å². The first-order valence-corrected chi connectivity index (χ1v) is 7.31. The number of nitrogens with zero attached hydrogens (tertiary/aromatic N) is 3. The second-order valence-electron chi connectivity index (χ2n) is 4.80. The Balaban J connectivity index is 2.16. The molecule has 3 nitrogen and oxygen atoms in total. The maximum absolute atomic E-state index is 13.7. The van der Waals surface area contributed by atoms with Crippen molar-refractivity contribution >= 4 is 34.2 Å². The summed E-state index contributed by atoms with van der Waals surface area (Å²) in [5.74, 6) is 0.457. The average molecular weight is 324 g/mol. The van der Waals surface area contributed by atoms with Crippen molar-refractivity contribution in [2.24, 2.45) is 0 Å². The van der Waals surface area contributed by atoms with Crippen molar-refractivity contribution in [3.05, 3.63) is 58.4 Å². The largest absolute Gasteiger partial charge is 0.322 e. The number of imidazole rings is 1. The van der Waals surface area contributed by atoms with Gasteiger partial charge in [-0.25, -0.2) is 9.37 Å². The fraction of sp³-hybridized carbons (Fsp3) is 0.200. The third-order valence-electron chi connectivity index (χ3n) is 3.46. The second-order valence-corrected chi connectivity index (χ2v) is 5.48. The molecule has 0 aliphatic rings. The Kier molecular flexibility index (Phi) is 3.83. The number of rotatable bonds is 3. The van der Waals surface area contributed by atoms with Crippen LogP contribution in [0.1, 0.15) is 17.0 Å². The summed E-state index contributed by atoms with van der Waals surface area (Å²) >= 11 is 11.8. The predicted molar refractivity (Wildman–Crippen MR) is 82.3 cm³/mol. The van der Waals surface area contributed by atoms with E-state index in [1.54, 1.807) is 12.4 Å². The van der Waals surface area contributed by atoms with Crippen LogP contribution in [0.15, 0.2) is 30.6 Å². The first kappa shape index (κ1) is 14.3. The molecule has 108 valence electrons. The molecule has 0 aliphatic heterocycles. The topological polar surface area (TPSA) is 30.7 Å². The summed E-state index contributed by atoms with van der Waals surface area (Å²) < 4.78 is 15.6. The minimum atomic E-state index is -0.464. The molecule has 0 atom stereocenters. The third-order valence-corrected chi connectivity index (χ3v) is 3.99. The van der Waals surface area contributed by atoms with Crippen molar-refractivity contribution < 1.29 is 4.39 Å². The number of hydrogen-bond acceptors (Lipinski definition) is 2. The van der Waals surface area contributed by atoms with Crippen molar-refractivity contribution in [3.8, 4) is 0 Å². The number of benzene rings is 1. The lowest BCUT2D eigenvalue weighted by Gasteiger charge is -2.10. The first-order valence-electron chi connectivity index (χ1n) is 6.39. The Morgan fingerprint density at radius 1 is 1.33 bits per heavy atom. The van der Waals surface area contributed by atoms with Gasteiger partial charge in [-0.05, 0) is 30.2 Å². The fourth-order valence-corrected chi connectivity index (χ4v) is 2.64. The third kappa shape index (κ3) is 2.61. The monoisotopic (exact) mass is 323 g/mol. The van der Waals surface area contributed by atoms with Gasteiger partial charge >= 0.3 is 0 Å². The maximum atomic E-state index is 13.7. The number of pyridine rings is 1. The van der Waals surface area contributed by atoms with Gasteiger partial charge in [0.2, 0.25) is 0 Å². The highest BCUT2D eigenvalue weighted by atomic mass is 35.5. The van der Waals surface area contributed by atoms with Gasteiger partial charge in [-0.3, -0.25) is 4.98 Å². The molecule has 1 aromatic carbocycles. The lowest BCUT2D eigenvalue weighted by Crippen LogP contribution is -2.05.